The summed E-state index contributed by atoms with van der Waals surface area (Å²) in [5.74, 6) is 1.10. The van der Waals surface area contributed by atoms with E-state index < -0.39 is 0 Å². The number of carbonyl (C=O) groups excluding carboxylic acids is 1. The number of hydroxylamine groups is 2. The zero-order valence-electron chi connectivity index (χ0n) is 20.6. The van der Waals surface area contributed by atoms with Crippen molar-refractivity contribution in [3.8, 4) is 17.0 Å². The number of benzene rings is 2. The van der Waals surface area contributed by atoms with Crippen molar-refractivity contribution in [2.75, 3.05) is 45.7 Å². The number of nitrogens with one attached hydrogen (secondary N) is 1. The van der Waals surface area contributed by atoms with Crippen LogP contribution in [-0.4, -0.2) is 70.9 Å². The van der Waals surface area contributed by atoms with Crippen LogP contribution in [0.4, 0.5) is 11.6 Å². The van der Waals surface area contributed by atoms with Crippen LogP contribution in [0, 0.1) is 0 Å². The molecule has 0 bridgehead atoms. The third kappa shape index (κ3) is 5.32. The normalized spacial score (nSPS) is 13.7. The van der Waals surface area contributed by atoms with Gasteiger partial charge in [-0.1, -0.05) is 18.2 Å². The third-order valence-electron chi connectivity index (χ3n) is 6.31. The van der Waals surface area contributed by atoms with E-state index in [-0.39, 0.29) is 5.91 Å². The van der Waals surface area contributed by atoms with E-state index in [9.17, 15) is 4.79 Å². The van der Waals surface area contributed by atoms with Gasteiger partial charge in [0.05, 0.1) is 12.8 Å². The second kappa shape index (κ2) is 10.8. The number of pyridine rings is 1. The first kappa shape index (κ1) is 23.8. The molecule has 9 heteroatoms. The summed E-state index contributed by atoms with van der Waals surface area (Å²) in [5.41, 5.74) is 3.76. The molecular formula is C27H30N6O3. The van der Waals surface area contributed by atoms with Gasteiger partial charge in [-0.25, -0.2) is 9.58 Å². The minimum Gasteiger partial charge on any atom is -0.492 e. The van der Waals surface area contributed by atoms with Crippen LogP contribution in [0.1, 0.15) is 23.2 Å². The fraction of sp³-hybridized carbons (Fsp3) is 0.296. The Bertz CT molecular complexity index is 1330. The Balaban J connectivity index is 1.29. The number of carbonyl (C=O) groups is 1. The average Bonchev–Trinajstić information content (AvgIpc) is 3.58. The van der Waals surface area contributed by atoms with Gasteiger partial charge in [-0.3, -0.25) is 14.5 Å². The summed E-state index contributed by atoms with van der Waals surface area (Å²) in [4.78, 5) is 24.6. The van der Waals surface area contributed by atoms with Gasteiger partial charge in [0.2, 0.25) is 5.95 Å². The molecule has 1 aliphatic rings. The van der Waals surface area contributed by atoms with Crippen molar-refractivity contribution < 1.29 is 14.4 Å². The van der Waals surface area contributed by atoms with Crippen LogP contribution < -0.4 is 10.1 Å². The molecule has 4 aromatic rings. The van der Waals surface area contributed by atoms with Crippen molar-refractivity contribution in [2.45, 2.75) is 12.8 Å². The highest BCUT2D eigenvalue weighted by atomic mass is 16.7. The highest BCUT2D eigenvalue weighted by Gasteiger charge is 2.15. The van der Waals surface area contributed by atoms with Crippen LogP contribution in [0.5, 0.6) is 5.75 Å². The molecule has 0 unspecified atom stereocenters. The topological polar surface area (TPSA) is 84.2 Å². The Hall–Kier alpha value is -3.95. The van der Waals surface area contributed by atoms with Gasteiger partial charge in [0.25, 0.3) is 5.91 Å². The molecule has 0 saturated carbocycles. The van der Waals surface area contributed by atoms with E-state index in [1.54, 1.807) is 17.6 Å². The van der Waals surface area contributed by atoms with E-state index in [0.29, 0.717) is 23.8 Å². The first-order valence-corrected chi connectivity index (χ1v) is 12.1. The van der Waals surface area contributed by atoms with Gasteiger partial charge in [-0.2, -0.15) is 4.98 Å². The van der Waals surface area contributed by atoms with Crippen LogP contribution in [0.15, 0.2) is 66.7 Å². The maximum Gasteiger partial charge on any atom is 0.277 e. The molecular weight excluding hydrogens is 456 g/mol. The quantitative estimate of drug-likeness (QED) is 0.354. The molecule has 5 rings (SSSR count). The number of amides is 1. The lowest BCUT2D eigenvalue weighted by Crippen LogP contribution is -2.25. The SMILES string of the molecule is CON(C)C(=O)c1cccc(-c2cccc3nc(Nc4ccc(OCCN5CCCC5)cc4)nn23)c1. The number of likely N-dealkylation sites (tertiary alicyclic amines) is 1. The van der Waals surface area contributed by atoms with E-state index >= 15 is 0 Å². The van der Waals surface area contributed by atoms with Crippen molar-refractivity contribution in [2.24, 2.45) is 0 Å². The van der Waals surface area contributed by atoms with Crippen LogP contribution in [0.25, 0.3) is 16.9 Å². The number of anilines is 2. The number of rotatable bonds is 9. The zero-order chi connectivity index (χ0) is 24.9. The lowest BCUT2D eigenvalue weighted by atomic mass is 10.1. The highest BCUT2D eigenvalue weighted by molar-refractivity contribution is 5.94. The van der Waals surface area contributed by atoms with E-state index in [4.69, 9.17) is 9.57 Å². The molecule has 1 aliphatic heterocycles. The minimum absolute atomic E-state index is 0.226. The number of hydrogen-bond donors (Lipinski definition) is 1. The van der Waals surface area contributed by atoms with Crippen LogP contribution in [0.2, 0.25) is 0 Å². The van der Waals surface area contributed by atoms with Crippen molar-refractivity contribution in [1.29, 1.82) is 0 Å². The Morgan fingerprint density at radius 3 is 2.61 bits per heavy atom. The first-order valence-electron chi connectivity index (χ1n) is 12.1. The second-order valence-corrected chi connectivity index (χ2v) is 8.73. The Morgan fingerprint density at radius 2 is 1.83 bits per heavy atom. The molecule has 1 N–H and O–H groups in total. The number of fused-ring (bicyclic) bond motifs is 1. The fourth-order valence-electron chi connectivity index (χ4n) is 4.32. The maximum absolute atomic E-state index is 12.5. The molecule has 1 fully saturated rings. The van der Waals surface area contributed by atoms with E-state index in [0.717, 1.165) is 29.2 Å². The number of hydrogen-bond acceptors (Lipinski definition) is 7. The maximum atomic E-state index is 12.5. The van der Waals surface area contributed by atoms with E-state index in [2.05, 4.69) is 20.3 Å². The van der Waals surface area contributed by atoms with Gasteiger partial charge >= 0.3 is 0 Å². The molecule has 2 aromatic heterocycles. The average molecular weight is 487 g/mol. The summed E-state index contributed by atoms with van der Waals surface area (Å²) in [6, 6.07) is 21.0. The smallest absolute Gasteiger partial charge is 0.277 e. The lowest BCUT2D eigenvalue weighted by Gasteiger charge is -2.15. The van der Waals surface area contributed by atoms with Gasteiger partial charge in [0, 0.05) is 30.4 Å². The minimum atomic E-state index is -0.226. The van der Waals surface area contributed by atoms with Crippen LogP contribution >= 0.6 is 0 Å². The third-order valence-corrected chi connectivity index (χ3v) is 6.31. The van der Waals surface area contributed by atoms with Gasteiger partial charge in [0.1, 0.15) is 12.4 Å². The number of nitrogens with zero attached hydrogens (tertiary/aromatic N) is 5. The molecule has 1 amide bonds. The Morgan fingerprint density at radius 1 is 1.06 bits per heavy atom. The highest BCUT2D eigenvalue weighted by Crippen LogP contribution is 2.24. The molecule has 186 valence electrons. The fourth-order valence-corrected chi connectivity index (χ4v) is 4.32. The van der Waals surface area contributed by atoms with E-state index in [1.807, 2.05) is 60.7 Å². The van der Waals surface area contributed by atoms with Crippen molar-refractivity contribution in [3.05, 3.63) is 72.3 Å². The Labute approximate surface area is 210 Å². The summed E-state index contributed by atoms with van der Waals surface area (Å²) in [7, 11) is 3.04. The van der Waals surface area contributed by atoms with Gasteiger partial charge in [-0.15, -0.1) is 5.10 Å². The Kier molecular flexibility index (Phi) is 7.11. The summed E-state index contributed by atoms with van der Waals surface area (Å²) in [6.45, 7) is 4.01. The molecule has 0 spiro atoms. The van der Waals surface area contributed by atoms with E-state index in [1.165, 1.54) is 38.1 Å². The first-order chi connectivity index (χ1) is 17.6. The molecule has 3 heterocycles. The predicted octanol–water partition coefficient (Wildman–Crippen LogP) is 4.25. The van der Waals surface area contributed by atoms with Crippen molar-refractivity contribution in [1.82, 2.24) is 24.6 Å². The van der Waals surface area contributed by atoms with Gasteiger partial charge in [0.15, 0.2) is 5.65 Å². The second-order valence-electron chi connectivity index (χ2n) is 8.73. The molecule has 0 radical (unpaired) electrons. The molecule has 0 aliphatic carbocycles. The number of ether oxygens (including phenoxy) is 1. The lowest BCUT2D eigenvalue weighted by molar-refractivity contribution is -0.0756. The molecule has 2 aromatic carbocycles. The number of aromatic nitrogens is 3. The van der Waals surface area contributed by atoms with Gasteiger partial charge < -0.3 is 10.1 Å². The standard InChI is InChI=1S/C27H30N6O3/c1-31(35-2)26(34)21-8-5-7-20(19-21)24-9-6-10-25-29-27(30-33(24)25)28-22-11-13-23(14-12-22)36-18-17-32-15-3-4-16-32/h5-14,19H,3-4,15-18H2,1-2H3,(H,28,30). The monoisotopic (exact) mass is 486 g/mol. The van der Waals surface area contributed by atoms with Crippen LogP contribution in [-0.2, 0) is 4.84 Å². The molecule has 36 heavy (non-hydrogen) atoms. The summed E-state index contributed by atoms with van der Waals surface area (Å²) < 4.78 is 7.66. The molecule has 1 saturated heterocycles. The molecule has 9 nitrogen and oxygen atoms in total. The zero-order valence-corrected chi connectivity index (χ0v) is 20.6. The van der Waals surface area contributed by atoms with Crippen LogP contribution in [0.3, 0.4) is 0 Å². The summed E-state index contributed by atoms with van der Waals surface area (Å²) >= 11 is 0. The molecule has 0 atom stereocenters. The predicted molar refractivity (Wildman–Crippen MR) is 138 cm³/mol. The van der Waals surface area contributed by atoms with Gasteiger partial charge in [-0.05, 0) is 74.5 Å². The van der Waals surface area contributed by atoms with Crippen molar-refractivity contribution >= 4 is 23.2 Å². The summed E-state index contributed by atoms with van der Waals surface area (Å²) in [6.07, 6.45) is 2.58. The summed E-state index contributed by atoms with van der Waals surface area (Å²) in [5, 5.41) is 9.13. The largest absolute Gasteiger partial charge is 0.492 e. The van der Waals surface area contributed by atoms with Crippen molar-refractivity contribution in [3.63, 3.8) is 0 Å².